The van der Waals surface area contributed by atoms with Crippen LogP contribution in [0.25, 0.3) is 5.70 Å². The van der Waals surface area contributed by atoms with E-state index in [1.807, 2.05) is 22.6 Å². The highest BCUT2D eigenvalue weighted by Gasteiger charge is 2.33. The molecule has 1 atom stereocenters. The molecule has 2 rings (SSSR count). The number of carbonyl (C=O) groups excluding carboxylic acids is 1. The molecule has 0 aliphatic carbocycles. The minimum atomic E-state index is -2.81. The zero-order valence-corrected chi connectivity index (χ0v) is 13.6. The van der Waals surface area contributed by atoms with Gasteiger partial charge in [0, 0.05) is 12.1 Å². The molecule has 0 aromatic heterocycles. The summed E-state index contributed by atoms with van der Waals surface area (Å²) in [6.45, 7) is -0.908. The summed E-state index contributed by atoms with van der Waals surface area (Å²) >= 11 is 1.81. The average Bonchev–Trinajstić information content (AvgIpc) is 2.44. The van der Waals surface area contributed by atoms with Gasteiger partial charge < -0.3 is 9.64 Å². The highest BCUT2D eigenvalue weighted by molar-refractivity contribution is 14.1. The summed E-state index contributed by atoms with van der Waals surface area (Å²) < 4.78 is 57.9. The van der Waals surface area contributed by atoms with Gasteiger partial charge in [-0.2, -0.15) is 0 Å². The summed E-state index contributed by atoms with van der Waals surface area (Å²) in [7, 11) is 1.25. The van der Waals surface area contributed by atoms with Crippen molar-refractivity contribution in [2.75, 3.05) is 13.7 Å². The number of allylic oxidation sites excluding steroid dienone is 1. The zero-order valence-electron chi connectivity index (χ0n) is 11.5. The lowest BCUT2D eigenvalue weighted by Crippen LogP contribution is -2.41. The number of methoxy groups -OCH3 is 1. The lowest BCUT2D eigenvalue weighted by Gasteiger charge is -2.31. The Balaban J connectivity index is 2.51. The Morgan fingerprint density at radius 2 is 1.95 bits per heavy atom. The topological polar surface area (TPSA) is 29.5 Å². The summed E-state index contributed by atoms with van der Waals surface area (Å²) in [5.41, 5.74) is -0.672. The minimum Gasteiger partial charge on any atom is -0.497 e. The van der Waals surface area contributed by atoms with Crippen LogP contribution in [-0.4, -0.2) is 34.8 Å². The van der Waals surface area contributed by atoms with Crippen LogP contribution in [0.4, 0.5) is 17.6 Å². The van der Waals surface area contributed by atoms with E-state index in [4.69, 9.17) is 4.74 Å². The van der Waals surface area contributed by atoms with Gasteiger partial charge in [0.25, 0.3) is 6.43 Å². The van der Waals surface area contributed by atoms with Crippen LogP contribution in [0.5, 0.6) is 5.75 Å². The number of amides is 1. The maximum absolute atomic E-state index is 14.1. The van der Waals surface area contributed by atoms with E-state index in [1.54, 1.807) is 0 Å². The van der Waals surface area contributed by atoms with Gasteiger partial charge >= 0.3 is 0 Å². The van der Waals surface area contributed by atoms with E-state index in [9.17, 15) is 22.4 Å². The maximum Gasteiger partial charge on any atom is 0.256 e. The summed E-state index contributed by atoms with van der Waals surface area (Å²) in [6.07, 6.45) is -1.19. The van der Waals surface area contributed by atoms with Gasteiger partial charge in [-0.1, -0.05) is 28.7 Å². The molecule has 1 heterocycles. The van der Waals surface area contributed by atoms with Crippen molar-refractivity contribution in [3.63, 3.8) is 0 Å². The van der Waals surface area contributed by atoms with Crippen molar-refractivity contribution in [1.82, 2.24) is 4.90 Å². The largest absolute Gasteiger partial charge is 0.497 e. The molecule has 1 aromatic rings. The van der Waals surface area contributed by atoms with Crippen molar-refractivity contribution in [3.8, 4) is 5.75 Å². The Morgan fingerprint density at radius 1 is 1.36 bits per heavy atom. The molecule has 8 heteroatoms. The Bertz CT molecular complexity index is 598. The quantitative estimate of drug-likeness (QED) is 0.416. The van der Waals surface area contributed by atoms with Gasteiger partial charge in [0.15, 0.2) is 0 Å². The predicted octanol–water partition coefficient (Wildman–Crippen LogP) is 3.62. The SMILES string of the molecule is COc1cc(F)c(C2=CCC(I)C(=O)N2CC(F)F)c(F)c1. The average molecular weight is 429 g/mol. The van der Waals surface area contributed by atoms with Crippen LogP contribution in [0.1, 0.15) is 12.0 Å². The third-order valence-corrected chi connectivity index (χ3v) is 4.21. The molecular weight excluding hydrogens is 417 g/mol. The Morgan fingerprint density at radius 3 is 2.45 bits per heavy atom. The van der Waals surface area contributed by atoms with Crippen molar-refractivity contribution >= 4 is 34.2 Å². The Kier molecular flexibility index (Phi) is 5.30. The molecule has 0 fully saturated rings. The second-order valence-electron chi connectivity index (χ2n) is 4.60. The second-order valence-corrected chi connectivity index (χ2v) is 6.10. The van der Waals surface area contributed by atoms with Crippen LogP contribution in [0.2, 0.25) is 0 Å². The highest BCUT2D eigenvalue weighted by atomic mass is 127. The number of rotatable bonds is 4. The molecule has 0 radical (unpaired) electrons. The van der Waals surface area contributed by atoms with Gasteiger partial charge in [-0.15, -0.1) is 0 Å². The van der Waals surface area contributed by atoms with Crippen LogP contribution in [-0.2, 0) is 4.79 Å². The van der Waals surface area contributed by atoms with Crippen LogP contribution in [0, 0.1) is 11.6 Å². The monoisotopic (exact) mass is 429 g/mol. The molecule has 0 N–H and O–H groups in total. The predicted molar refractivity (Wildman–Crippen MR) is 81.0 cm³/mol. The van der Waals surface area contributed by atoms with Gasteiger partial charge in [-0.3, -0.25) is 4.79 Å². The number of halogens is 5. The minimum absolute atomic E-state index is 0.0336. The first-order valence-corrected chi connectivity index (χ1v) is 7.56. The van der Waals surface area contributed by atoms with Crippen LogP contribution in [0.15, 0.2) is 18.2 Å². The first kappa shape index (κ1) is 17.0. The van der Waals surface area contributed by atoms with E-state index in [0.29, 0.717) is 0 Å². The summed E-state index contributed by atoms with van der Waals surface area (Å²) in [5.74, 6) is -2.56. The van der Waals surface area contributed by atoms with Crippen molar-refractivity contribution < 1.29 is 27.1 Å². The number of hydrogen-bond acceptors (Lipinski definition) is 2. The fourth-order valence-corrected chi connectivity index (χ4v) is 2.78. The molecule has 1 aromatic carbocycles. The van der Waals surface area contributed by atoms with E-state index >= 15 is 0 Å². The molecule has 3 nitrogen and oxygen atoms in total. The van der Waals surface area contributed by atoms with Gasteiger partial charge in [-0.25, -0.2) is 17.6 Å². The van der Waals surface area contributed by atoms with Gasteiger partial charge in [0.1, 0.15) is 17.4 Å². The molecule has 0 bridgehead atoms. The van der Waals surface area contributed by atoms with Gasteiger partial charge in [0.05, 0.1) is 28.8 Å². The Hall–Kier alpha value is -1.32. The van der Waals surface area contributed by atoms with E-state index in [1.165, 1.54) is 13.2 Å². The first-order chi connectivity index (χ1) is 10.3. The third kappa shape index (κ3) is 3.36. The molecule has 1 amide bonds. The fourth-order valence-electron chi connectivity index (χ4n) is 2.19. The fraction of sp³-hybridized carbons (Fsp3) is 0.357. The van der Waals surface area contributed by atoms with Crippen molar-refractivity contribution in [2.24, 2.45) is 0 Å². The number of benzene rings is 1. The van der Waals surface area contributed by atoms with Gasteiger partial charge in [-0.05, 0) is 6.42 Å². The van der Waals surface area contributed by atoms with E-state index in [-0.39, 0.29) is 17.9 Å². The summed E-state index contributed by atoms with van der Waals surface area (Å²) in [5, 5.41) is 0. The van der Waals surface area contributed by atoms with E-state index in [0.717, 1.165) is 17.0 Å². The normalized spacial score (nSPS) is 18.7. The zero-order chi connectivity index (χ0) is 16.4. The highest BCUT2D eigenvalue weighted by Crippen LogP contribution is 2.34. The van der Waals surface area contributed by atoms with E-state index < -0.39 is 40.0 Å². The van der Waals surface area contributed by atoms with Gasteiger partial charge in [0.2, 0.25) is 5.91 Å². The molecule has 1 aliphatic heterocycles. The molecule has 1 unspecified atom stereocenters. The smallest absolute Gasteiger partial charge is 0.256 e. The van der Waals surface area contributed by atoms with Crippen LogP contribution >= 0.6 is 22.6 Å². The number of nitrogens with zero attached hydrogens (tertiary/aromatic N) is 1. The molecule has 1 aliphatic rings. The van der Waals surface area contributed by atoms with E-state index in [2.05, 4.69) is 0 Å². The number of hydrogen-bond donors (Lipinski definition) is 0. The third-order valence-electron chi connectivity index (χ3n) is 3.17. The lowest BCUT2D eigenvalue weighted by atomic mass is 10.0. The molecule has 0 saturated heterocycles. The summed E-state index contributed by atoms with van der Waals surface area (Å²) in [6, 6.07) is 1.89. The molecule has 120 valence electrons. The number of ether oxygens (including phenoxy) is 1. The van der Waals surface area contributed by atoms with Crippen LogP contribution in [0.3, 0.4) is 0 Å². The van der Waals surface area contributed by atoms with Crippen molar-refractivity contribution in [1.29, 1.82) is 0 Å². The number of carbonyl (C=O) groups is 1. The number of alkyl halides is 3. The Labute approximate surface area is 138 Å². The van der Waals surface area contributed by atoms with Crippen molar-refractivity contribution in [3.05, 3.63) is 35.4 Å². The molecule has 22 heavy (non-hydrogen) atoms. The van der Waals surface area contributed by atoms with Crippen LogP contribution < -0.4 is 4.74 Å². The lowest BCUT2D eigenvalue weighted by molar-refractivity contribution is -0.128. The second kappa shape index (κ2) is 6.84. The standard InChI is InChI=1S/C14H12F4INO2/c1-22-7-4-8(15)13(9(16)5-7)11-3-2-10(19)14(21)20(11)6-12(17)18/h3-5,10,12H,2,6H2,1H3. The summed E-state index contributed by atoms with van der Waals surface area (Å²) in [4.78, 5) is 12.8. The van der Waals surface area contributed by atoms with Crippen molar-refractivity contribution in [2.45, 2.75) is 16.8 Å². The molecule has 0 spiro atoms. The first-order valence-electron chi connectivity index (χ1n) is 6.32. The molecular formula is C14H12F4INO2. The maximum atomic E-state index is 14.1. The molecule has 0 saturated carbocycles.